The maximum Gasteiger partial charge on any atom is 0.234 e. The van der Waals surface area contributed by atoms with E-state index < -0.39 is 0 Å². The molecule has 5 nitrogen and oxygen atoms in total. The number of fused-ring (bicyclic) bond motifs is 1. The first-order valence-electron chi connectivity index (χ1n) is 8.84. The molecule has 0 radical (unpaired) electrons. The van der Waals surface area contributed by atoms with Crippen LogP contribution >= 0.6 is 0 Å². The number of nitrogens with two attached hydrogens (primary N) is 1. The number of rotatable bonds is 5. The van der Waals surface area contributed by atoms with Crippen molar-refractivity contribution in [2.75, 3.05) is 13.7 Å². The summed E-state index contributed by atoms with van der Waals surface area (Å²) in [6.07, 6.45) is 1.87. The molecule has 1 saturated heterocycles. The number of hydrogen-bond acceptors (Lipinski definition) is 4. The monoisotopic (exact) mass is 350 g/mol. The van der Waals surface area contributed by atoms with E-state index in [4.69, 9.17) is 14.9 Å². The van der Waals surface area contributed by atoms with Crippen LogP contribution in [0.15, 0.2) is 52.9 Å². The molecule has 1 fully saturated rings. The van der Waals surface area contributed by atoms with E-state index in [1.807, 2.05) is 30.3 Å². The Kier molecular flexibility index (Phi) is 4.39. The van der Waals surface area contributed by atoms with E-state index in [2.05, 4.69) is 23.1 Å². The molecule has 0 bridgehead atoms. The van der Waals surface area contributed by atoms with Gasteiger partial charge >= 0.3 is 0 Å². The fourth-order valence-electron chi connectivity index (χ4n) is 3.66. The minimum Gasteiger partial charge on any atom is -0.497 e. The van der Waals surface area contributed by atoms with Gasteiger partial charge in [-0.25, -0.2) is 0 Å². The minimum atomic E-state index is -0.228. The van der Waals surface area contributed by atoms with E-state index in [0.29, 0.717) is 0 Å². The molecule has 1 atom stereocenters. The number of furan rings is 1. The maximum atomic E-state index is 11.6. The molecule has 4 rings (SSSR count). The van der Waals surface area contributed by atoms with Crippen LogP contribution in [0.5, 0.6) is 5.75 Å². The van der Waals surface area contributed by atoms with Crippen LogP contribution in [0.25, 0.3) is 22.3 Å². The van der Waals surface area contributed by atoms with Crippen molar-refractivity contribution in [2.24, 2.45) is 5.73 Å². The molecule has 1 aliphatic heterocycles. The SMILES string of the molecule is COc1ccc(-c2cc3cc(CN4CCC[C@H]4C(N)=O)ccc3o2)cc1. The van der Waals surface area contributed by atoms with Gasteiger partial charge in [-0.1, -0.05) is 6.07 Å². The van der Waals surface area contributed by atoms with Gasteiger partial charge in [0.25, 0.3) is 0 Å². The molecule has 2 heterocycles. The van der Waals surface area contributed by atoms with Crippen LogP contribution in [0.1, 0.15) is 18.4 Å². The molecule has 3 aromatic rings. The molecule has 0 spiro atoms. The second kappa shape index (κ2) is 6.84. The predicted octanol–water partition coefficient (Wildman–Crippen LogP) is 3.56. The Morgan fingerprint density at radius 2 is 2.04 bits per heavy atom. The number of likely N-dealkylation sites (tertiary alicyclic amines) is 1. The van der Waals surface area contributed by atoms with Crippen LogP contribution in [0, 0.1) is 0 Å². The van der Waals surface area contributed by atoms with Gasteiger partial charge in [0.1, 0.15) is 17.1 Å². The summed E-state index contributed by atoms with van der Waals surface area (Å²) in [6, 6.07) is 15.9. The number of primary amides is 1. The minimum absolute atomic E-state index is 0.148. The zero-order valence-corrected chi connectivity index (χ0v) is 14.8. The lowest BCUT2D eigenvalue weighted by Crippen LogP contribution is -2.39. The molecular formula is C21H22N2O3. The topological polar surface area (TPSA) is 68.7 Å². The Labute approximate surface area is 152 Å². The quantitative estimate of drug-likeness (QED) is 0.764. The Hall–Kier alpha value is -2.79. The van der Waals surface area contributed by atoms with Gasteiger partial charge in [0.2, 0.25) is 5.91 Å². The van der Waals surface area contributed by atoms with Crippen molar-refractivity contribution in [3.63, 3.8) is 0 Å². The summed E-state index contributed by atoms with van der Waals surface area (Å²) in [5, 5.41) is 1.06. The summed E-state index contributed by atoms with van der Waals surface area (Å²) in [6.45, 7) is 1.64. The Bertz CT molecular complexity index is 930. The van der Waals surface area contributed by atoms with E-state index in [9.17, 15) is 4.79 Å². The molecule has 26 heavy (non-hydrogen) atoms. The highest BCUT2D eigenvalue weighted by Crippen LogP contribution is 2.30. The third-order valence-electron chi connectivity index (χ3n) is 5.03. The highest BCUT2D eigenvalue weighted by Gasteiger charge is 2.28. The third-order valence-corrected chi connectivity index (χ3v) is 5.03. The molecular weight excluding hydrogens is 328 g/mol. The predicted molar refractivity (Wildman–Crippen MR) is 101 cm³/mol. The average Bonchev–Trinajstić information content (AvgIpc) is 3.28. The summed E-state index contributed by atoms with van der Waals surface area (Å²) in [4.78, 5) is 13.7. The van der Waals surface area contributed by atoms with Crippen LogP contribution in [-0.2, 0) is 11.3 Å². The lowest BCUT2D eigenvalue weighted by atomic mass is 10.1. The molecule has 1 aliphatic rings. The van der Waals surface area contributed by atoms with Crippen molar-refractivity contribution in [1.82, 2.24) is 4.90 Å². The first kappa shape index (κ1) is 16.7. The molecule has 0 unspecified atom stereocenters. The van der Waals surface area contributed by atoms with Crippen molar-refractivity contribution < 1.29 is 13.9 Å². The lowest BCUT2D eigenvalue weighted by molar-refractivity contribution is -0.122. The number of amides is 1. The zero-order chi connectivity index (χ0) is 18.1. The van der Waals surface area contributed by atoms with E-state index in [-0.39, 0.29) is 11.9 Å². The average molecular weight is 350 g/mol. The van der Waals surface area contributed by atoms with Crippen LogP contribution in [-0.4, -0.2) is 30.5 Å². The van der Waals surface area contributed by atoms with Crippen molar-refractivity contribution in [2.45, 2.75) is 25.4 Å². The van der Waals surface area contributed by atoms with Crippen LogP contribution in [0.4, 0.5) is 0 Å². The highest BCUT2D eigenvalue weighted by molar-refractivity contribution is 5.83. The van der Waals surface area contributed by atoms with Crippen molar-refractivity contribution >= 4 is 16.9 Å². The molecule has 2 aromatic carbocycles. The molecule has 1 amide bonds. The number of hydrogen-bond donors (Lipinski definition) is 1. The van der Waals surface area contributed by atoms with Gasteiger partial charge in [0.05, 0.1) is 13.2 Å². The van der Waals surface area contributed by atoms with E-state index in [1.54, 1.807) is 7.11 Å². The number of benzene rings is 2. The van der Waals surface area contributed by atoms with Crippen LogP contribution in [0.2, 0.25) is 0 Å². The van der Waals surface area contributed by atoms with Gasteiger partial charge in [-0.15, -0.1) is 0 Å². The zero-order valence-electron chi connectivity index (χ0n) is 14.8. The number of carbonyl (C=O) groups excluding carboxylic acids is 1. The maximum absolute atomic E-state index is 11.6. The molecule has 1 aromatic heterocycles. The second-order valence-electron chi connectivity index (χ2n) is 6.74. The first-order valence-corrected chi connectivity index (χ1v) is 8.84. The van der Waals surface area contributed by atoms with Crippen molar-refractivity contribution in [3.05, 3.63) is 54.1 Å². The number of nitrogens with zero attached hydrogens (tertiary/aromatic N) is 1. The van der Waals surface area contributed by atoms with Gasteiger partial charge < -0.3 is 14.9 Å². The standard InChI is InChI=1S/C21H22N2O3/c1-25-17-7-5-15(6-8-17)20-12-16-11-14(4-9-19(16)26-20)13-23-10-2-3-18(23)21(22)24/h4-9,11-12,18H,2-3,10,13H2,1H3,(H2,22,24)/t18-/m0/s1. The van der Waals surface area contributed by atoms with Crippen molar-refractivity contribution in [3.8, 4) is 17.1 Å². The van der Waals surface area contributed by atoms with Gasteiger partial charge in [0, 0.05) is 17.5 Å². The number of carbonyl (C=O) groups is 1. The normalized spacial score (nSPS) is 17.7. The van der Waals surface area contributed by atoms with Gasteiger partial charge in [0.15, 0.2) is 0 Å². The molecule has 134 valence electrons. The van der Waals surface area contributed by atoms with E-state index in [0.717, 1.165) is 59.5 Å². The van der Waals surface area contributed by atoms with Gasteiger partial charge in [-0.3, -0.25) is 9.69 Å². The Morgan fingerprint density at radius 3 is 2.77 bits per heavy atom. The van der Waals surface area contributed by atoms with Crippen molar-refractivity contribution in [1.29, 1.82) is 0 Å². The number of ether oxygens (including phenoxy) is 1. The lowest BCUT2D eigenvalue weighted by Gasteiger charge is -2.21. The van der Waals surface area contributed by atoms with E-state index >= 15 is 0 Å². The molecule has 5 heteroatoms. The number of methoxy groups -OCH3 is 1. The smallest absolute Gasteiger partial charge is 0.234 e. The van der Waals surface area contributed by atoms with Gasteiger partial charge in [-0.05, 0) is 67.4 Å². The summed E-state index contributed by atoms with van der Waals surface area (Å²) < 4.78 is 11.2. The van der Waals surface area contributed by atoms with Gasteiger partial charge in [-0.2, -0.15) is 0 Å². The first-order chi connectivity index (χ1) is 12.6. The molecule has 2 N–H and O–H groups in total. The van der Waals surface area contributed by atoms with Crippen LogP contribution < -0.4 is 10.5 Å². The molecule has 0 aliphatic carbocycles. The second-order valence-corrected chi connectivity index (χ2v) is 6.74. The Morgan fingerprint density at radius 1 is 1.23 bits per heavy atom. The fraction of sp³-hybridized carbons (Fsp3) is 0.286. The summed E-state index contributed by atoms with van der Waals surface area (Å²) in [7, 11) is 1.65. The summed E-state index contributed by atoms with van der Waals surface area (Å²) in [5.41, 5.74) is 8.54. The highest BCUT2D eigenvalue weighted by atomic mass is 16.5. The van der Waals surface area contributed by atoms with Crippen LogP contribution in [0.3, 0.4) is 0 Å². The fourth-order valence-corrected chi connectivity index (χ4v) is 3.66. The largest absolute Gasteiger partial charge is 0.497 e. The van der Waals surface area contributed by atoms with E-state index in [1.165, 1.54) is 0 Å². The third kappa shape index (κ3) is 3.18. The molecule has 0 saturated carbocycles. The Balaban J connectivity index is 1.58. The summed E-state index contributed by atoms with van der Waals surface area (Å²) >= 11 is 0. The summed E-state index contributed by atoms with van der Waals surface area (Å²) in [5.74, 6) is 1.42.